The van der Waals surface area contributed by atoms with Crippen LogP contribution in [0.4, 0.5) is 5.82 Å². The fourth-order valence-corrected chi connectivity index (χ4v) is 5.70. The topological polar surface area (TPSA) is 102 Å². The van der Waals surface area contributed by atoms with Gasteiger partial charge in [0.15, 0.2) is 0 Å². The number of rotatable bonds is 5. The highest BCUT2D eigenvalue weighted by atomic mass is 32.1. The third-order valence-electron chi connectivity index (χ3n) is 6.52. The zero-order chi connectivity index (χ0) is 22.4. The largest absolute Gasteiger partial charge is 0.393 e. The number of anilines is 1. The number of aliphatic hydroxyl groups is 1. The van der Waals surface area contributed by atoms with Crippen LogP contribution >= 0.6 is 11.3 Å². The van der Waals surface area contributed by atoms with E-state index in [-0.39, 0.29) is 30.0 Å². The summed E-state index contributed by atoms with van der Waals surface area (Å²) < 4.78 is 8.24. The van der Waals surface area contributed by atoms with Gasteiger partial charge in [-0.05, 0) is 38.7 Å². The number of hydrogen-bond donors (Lipinski definition) is 2. The molecule has 32 heavy (non-hydrogen) atoms. The molecule has 1 aliphatic heterocycles. The van der Waals surface area contributed by atoms with Crippen LogP contribution in [-0.4, -0.2) is 49.2 Å². The van der Waals surface area contributed by atoms with E-state index in [1.165, 1.54) is 17.7 Å². The van der Waals surface area contributed by atoms with E-state index in [0.717, 1.165) is 34.9 Å². The lowest BCUT2D eigenvalue weighted by atomic mass is 10.1. The second kappa shape index (κ2) is 8.38. The number of imidazole rings is 1. The molecule has 0 bridgehead atoms. The lowest BCUT2D eigenvalue weighted by molar-refractivity contribution is 0.0423. The van der Waals surface area contributed by atoms with Gasteiger partial charge in [0.2, 0.25) is 5.78 Å². The van der Waals surface area contributed by atoms with Gasteiger partial charge in [-0.3, -0.25) is 4.79 Å². The van der Waals surface area contributed by atoms with E-state index in [0.29, 0.717) is 29.3 Å². The molecule has 0 amide bonds. The van der Waals surface area contributed by atoms with Crippen molar-refractivity contribution in [3.8, 4) is 0 Å². The fourth-order valence-electron chi connectivity index (χ4n) is 4.69. The van der Waals surface area contributed by atoms with E-state index in [9.17, 15) is 9.90 Å². The molecule has 9 heteroatoms. The standard InChI is InChI=1S/C23H27N5O3S/c1-12-6-15(7-18(12)29)27-22-17(10-24-11-26-22)20(30)19-8-16(14(3)32-19)21-23-25-9-13(2)28(23)4-5-31-21/h8-12,15,18,21,29H,4-7H2,1-3H3,(H,24,26,27)/t12-,15-,18+,21-/m1/s1. The van der Waals surface area contributed by atoms with E-state index in [1.807, 2.05) is 33.0 Å². The number of ether oxygens (including phenoxy) is 1. The average molecular weight is 454 g/mol. The second-order valence-electron chi connectivity index (χ2n) is 8.75. The van der Waals surface area contributed by atoms with Crippen molar-refractivity contribution in [3.63, 3.8) is 0 Å². The second-order valence-corrected chi connectivity index (χ2v) is 10.0. The predicted molar refractivity (Wildman–Crippen MR) is 121 cm³/mol. The number of ketones is 1. The van der Waals surface area contributed by atoms with Crippen LogP contribution in [0.15, 0.2) is 24.8 Å². The van der Waals surface area contributed by atoms with Gasteiger partial charge in [0.25, 0.3) is 0 Å². The monoisotopic (exact) mass is 453 g/mol. The molecule has 0 saturated heterocycles. The highest BCUT2D eigenvalue weighted by Gasteiger charge is 2.32. The van der Waals surface area contributed by atoms with Crippen LogP contribution in [0.2, 0.25) is 0 Å². The van der Waals surface area contributed by atoms with Gasteiger partial charge < -0.3 is 19.7 Å². The number of fused-ring (bicyclic) bond motifs is 1. The normalized spacial score (nSPS) is 25.0. The van der Waals surface area contributed by atoms with E-state index in [1.54, 1.807) is 6.20 Å². The first-order valence-electron chi connectivity index (χ1n) is 11.0. The third-order valence-corrected chi connectivity index (χ3v) is 7.58. The molecular formula is C23H27N5O3S. The van der Waals surface area contributed by atoms with E-state index < -0.39 is 0 Å². The van der Waals surface area contributed by atoms with Crippen molar-refractivity contribution >= 4 is 22.9 Å². The summed E-state index contributed by atoms with van der Waals surface area (Å²) in [5.74, 6) is 1.51. The predicted octanol–water partition coefficient (Wildman–Crippen LogP) is 3.27. The lowest BCUT2D eigenvalue weighted by Crippen LogP contribution is -2.23. The number of nitrogens with one attached hydrogen (secondary N) is 1. The van der Waals surface area contributed by atoms with Crippen molar-refractivity contribution in [2.24, 2.45) is 5.92 Å². The van der Waals surface area contributed by atoms with Gasteiger partial charge in [-0.15, -0.1) is 11.3 Å². The van der Waals surface area contributed by atoms with Crippen LogP contribution in [0.5, 0.6) is 0 Å². The molecule has 168 valence electrons. The number of aliphatic hydroxyl groups excluding tert-OH is 1. The molecule has 1 saturated carbocycles. The van der Waals surface area contributed by atoms with Crippen molar-refractivity contribution in [1.82, 2.24) is 19.5 Å². The molecule has 0 aromatic carbocycles. The summed E-state index contributed by atoms with van der Waals surface area (Å²) in [5, 5.41) is 13.4. The first-order valence-corrected chi connectivity index (χ1v) is 11.8. The van der Waals surface area contributed by atoms with Crippen molar-refractivity contribution in [2.75, 3.05) is 11.9 Å². The molecule has 4 heterocycles. The zero-order valence-corrected chi connectivity index (χ0v) is 19.2. The molecule has 3 aromatic rings. The molecule has 8 nitrogen and oxygen atoms in total. The minimum Gasteiger partial charge on any atom is -0.393 e. The lowest BCUT2D eigenvalue weighted by Gasteiger charge is -2.25. The fraction of sp³-hybridized carbons (Fsp3) is 0.478. The first-order chi connectivity index (χ1) is 15.4. The number of hydrogen-bond acceptors (Lipinski definition) is 8. The highest BCUT2D eigenvalue weighted by molar-refractivity contribution is 7.14. The van der Waals surface area contributed by atoms with Gasteiger partial charge >= 0.3 is 0 Å². The summed E-state index contributed by atoms with van der Waals surface area (Å²) in [5.41, 5.74) is 2.53. The zero-order valence-electron chi connectivity index (χ0n) is 18.4. The number of thiophene rings is 1. The van der Waals surface area contributed by atoms with Crippen molar-refractivity contribution in [1.29, 1.82) is 0 Å². The Kier molecular flexibility index (Phi) is 5.56. The van der Waals surface area contributed by atoms with Crippen LogP contribution in [-0.2, 0) is 11.3 Å². The molecule has 4 atom stereocenters. The third kappa shape index (κ3) is 3.74. The molecule has 0 unspecified atom stereocenters. The number of nitrogens with zero attached hydrogens (tertiary/aromatic N) is 4. The summed E-state index contributed by atoms with van der Waals surface area (Å²) in [6.45, 7) is 7.49. The maximum Gasteiger partial charge on any atom is 0.208 e. The van der Waals surface area contributed by atoms with E-state index in [2.05, 4.69) is 24.8 Å². The number of carbonyl (C=O) groups is 1. The van der Waals surface area contributed by atoms with Gasteiger partial charge in [0.05, 0.1) is 23.2 Å². The Labute approximate surface area is 190 Å². The maximum absolute atomic E-state index is 13.4. The minimum absolute atomic E-state index is 0.0832. The van der Waals surface area contributed by atoms with Crippen LogP contribution in [0.3, 0.4) is 0 Å². The Morgan fingerprint density at radius 1 is 1.28 bits per heavy atom. The van der Waals surface area contributed by atoms with Crippen LogP contribution in [0, 0.1) is 19.8 Å². The van der Waals surface area contributed by atoms with Crippen molar-refractivity contribution < 1.29 is 14.6 Å². The van der Waals surface area contributed by atoms with Gasteiger partial charge in [0.1, 0.15) is 24.1 Å². The molecule has 2 N–H and O–H groups in total. The Bertz CT molecular complexity index is 1150. The van der Waals surface area contributed by atoms with Gasteiger partial charge in [0, 0.05) is 41.1 Å². The Hall–Kier alpha value is -2.62. The molecule has 5 rings (SSSR count). The SMILES string of the molecule is Cc1sc(C(=O)c2cncnc2N[C@@H]2C[C@@H](C)[C@@H](O)C2)cc1[C@H]1OCCn2c(C)cnc21. The number of aromatic nitrogens is 4. The smallest absolute Gasteiger partial charge is 0.208 e. The number of carbonyl (C=O) groups excluding carboxylic acids is 1. The average Bonchev–Trinajstić information content (AvgIpc) is 3.45. The van der Waals surface area contributed by atoms with Crippen LogP contribution in [0.25, 0.3) is 0 Å². The first kappa shape index (κ1) is 21.2. The van der Waals surface area contributed by atoms with Crippen molar-refractivity contribution in [2.45, 2.75) is 58.4 Å². The van der Waals surface area contributed by atoms with Crippen molar-refractivity contribution in [3.05, 3.63) is 57.2 Å². The summed E-state index contributed by atoms with van der Waals surface area (Å²) >= 11 is 1.45. The maximum atomic E-state index is 13.4. The molecular weight excluding hydrogens is 426 g/mol. The van der Waals surface area contributed by atoms with Gasteiger partial charge in [-0.25, -0.2) is 15.0 Å². The summed E-state index contributed by atoms with van der Waals surface area (Å²) in [4.78, 5) is 28.1. The van der Waals surface area contributed by atoms with E-state index >= 15 is 0 Å². The van der Waals surface area contributed by atoms with E-state index in [4.69, 9.17) is 4.74 Å². The number of aryl methyl sites for hydroxylation is 2. The molecule has 0 spiro atoms. The summed E-state index contributed by atoms with van der Waals surface area (Å²) in [6.07, 6.45) is 5.75. The molecule has 0 radical (unpaired) electrons. The Balaban J connectivity index is 1.42. The highest BCUT2D eigenvalue weighted by Crippen LogP contribution is 2.36. The Morgan fingerprint density at radius 2 is 2.12 bits per heavy atom. The molecule has 3 aromatic heterocycles. The quantitative estimate of drug-likeness (QED) is 0.572. The van der Waals surface area contributed by atoms with Gasteiger partial charge in [-0.2, -0.15) is 0 Å². The molecule has 2 aliphatic rings. The summed E-state index contributed by atoms with van der Waals surface area (Å²) in [6, 6.07) is 2.00. The van der Waals surface area contributed by atoms with Crippen LogP contribution in [0.1, 0.15) is 63.1 Å². The van der Waals surface area contributed by atoms with Crippen LogP contribution < -0.4 is 5.32 Å². The van der Waals surface area contributed by atoms with Gasteiger partial charge in [-0.1, -0.05) is 6.92 Å². The Morgan fingerprint density at radius 3 is 2.91 bits per heavy atom. The summed E-state index contributed by atoms with van der Waals surface area (Å²) in [7, 11) is 0. The molecule has 1 aliphatic carbocycles. The minimum atomic E-state index is -0.331. The molecule has 1 fully saturated rings.